The molecule has 4 heteroatoms. The Morgan fingerprint density at radius 3 is 2.59 bits per heavy atom. The second kappa shape index (κ2) is 5.29. The predicted molar refractivity (Wildman–Crippen MR) is 66.7 cm³/mol. The molecule has 1 aromatic rings. The highest BCUT2D eigenvalue weighted by Crippen LogP contribution is 2.24. The van der Waals surface area contributed by atoms with E-state index in [-0.39, 0.29) is 18.4 Å². The molecule has 17 heavy (non-hydrogen) atoms. The van der Waals surface area contributed by atoms with Crippen molar-refractivity contribution in [1.82, 2.24) is 0 Å². The lowest BCUT2D eigenvalue weighted by Gasteiger charge is -2.16. The molecular weight excluding hydrogens is 216 g/mol. The third kappa shape index (κ3) is 2.65. The van der Waals surface area contributed by atoms with Crippen LogP contribution in [0.4, 0.5) is 5.69 Å². The molecule has 1 atom stereocenters. The van der Waals surface area contributed by atoms with E-state index in [1.807, 2.05) is 24.3 Å². The minimum atomic E-state index is 0.148. The van der Waals surface area contributed by atoms with Crippen LogP contribution in [0.5, 0.6) is 0 Å². The fourth-order valence-corrected chi connectivity index (χ4v) is 2.16. The summed E-state index contributed by atoms with van der Waals surface area (Å²) in [4.78, 5) is 13.6. The molecule has 0 bridgehead atoms. The number of anilines is 1. The molecule has 0 radical (unpaired) electrons. The first-order valence-electron chi connectivity index (χ1n) is 5.95. The number of carbonyl (C=O) groups excluding carboxylic acids is 1. The molecule has 0 spiro atoms. The maximum Gasteiger partial charge on any atom is 0.227 e. The molecule has 1 aromatic carbocycles. The lowest BCUT2D eigenvalue weighted by atomic mass is 10.1. The molecule has 1 heterocycles. The smallest absolute Gasteiger partial charge is 0.227 e. The van der Waals surface area contributed by atoms with E-state index in [1.165, 1.54) is 0 Å². The van der Waals surface area contributed by atoms with Crippen LogP contribution in [0.3, 0.4) is 0 Å². The first-order chi connectivity index (χ1) is 8.24. The minimum Gasteiger partial charge on any atom is -0.396 e. The summed E-state index contributed by atoms with van der Waals surface area (Å²) in [5, 5.41) is 8.83. The Morgan fingerprint density at radius 2 is 2.06 bits per heavy atom. The molecule has 1 aliphatic heterocycles. The molecule has 1 aliphatic rings. The quantitative estimate of drug-likeness (QED) is 0.798. The van der Waals surface area contributed by atoms with Crippen LogP contribution >= 0.6 is 0 Å². The monoisotopic (exact) mass is 234 g/mol. The summed E-state index contributed by atoms with van der Waals surface area (Å²) in [7, 11) is 0. The first-order valence-corrected chi connectivity index (χ1v) is 5.95. The van der Waals surface area contributed by atoms with Gasteiger partial charge < -0.3 is 15.7 Å². The second-order valence-electron chi connectivity index (χ2n) is 4.45. The highest BCUT2D eigenvalue weighted by atomic mass is 16.2. The van der Waals surface area contributed by atoms with Crippen LogP contribution in [-0.2, 0) is 11.2 Å². The number of hydrogen-bond donors (Lipinski definition) is 2. The van der Waals surface area contributed by atoms with E-state index in [4.69, 9.17) is 10.8 Å². The van der Waals surface area contributed by atoms with Crippen LogP contribution in [0.25, 0.3) is 0 Å². The number of aliphatic hydroxyl groups is 1. The van der Waals surface area contributed by atoms with Gasteiger partial charge in [0.05, 0.1) is 0 Å². The molecule has 1 amide bonds. The van der Waals surface area contributed by atoms with Gasteiger partial charge in [-0.05, 0) is 36.6 Å². The van der Waals surface area contributed by atoms with E-state index in [0.29, 0.717) is 25.9 Å². The Hall–Kier alpha value is -1.39. The summed E-state index contributed by atoms with van der Waals surface area (Å²) in [5.41, 5.74) is 7.60. The molecule has 92 valence electrons. The SMILES string of the molecule is NCC1CC(=O)N(c2ccc(CCO)cc2)C1. The largest absolute Gasteiger partial charge is 0.396 e. The fraction of sp³-hybridized carbons (Fsp3) is 0.462. The van der Waals surface area contributed by atoms with Gasteiger partial charge in [-0.25, -0.2) is 0 Å². The summed E-state index contributed by atoms with van der Waals surface area (Å²) in [6.45, 7) is 1.43. The second-order valence-corrected chi connectivity index (χ2v) is 4.45. The van der Waals surface area contributed by atoms with Crippen LogP contribution in [-0.4, -0.2) is 30.7 Å². The van der Waals surface area contributed by atoms with Gasteiger partial charge in [0.15, 0.2) is 0 Å². The Labute approximate surface area is 101 Å². The average Bonchev–Trinajstić information content (AvgIpc) is 2.72. The lowest BCUT2D eigenvalue weighted by Crippen LogP contribution is -2.25. The van der Waals surface area contributed by atoms with E-state index in [9.17, 15) is 4.79 Å². The maximum atomic E-state index is 11.8. The molecule has 4 nitrogen and oxygen atoms in total. The molecule has 3 N–H and O–H groups in total. The van der Waals surface area contributed by atoms with Crippen LogP contribution in [0.15, 0.2) is 24.3 Å². The van der Waals surface area contributed by atoms with Crippen LogP contribution in [0.1, 0.15) is 12.0 Å². The first kappa shape index (κ1) is 12.1. The Bertz CT molecular complexity index is 389. The molecule has 0 aliphatic carbocycles. The van der Waals surface area contributed by atoms with Crippen LogP contribution < -0.4 is 10.6 Å². The topological polar surface area (TPSA) is 66.6 Å². The van der Waals surface area contributed by atoms with E-state index in [2.05, 4.69) is 0 Å². The number of nitrogens with zero attached hydrogens (tertiary/aromatic N) is 1. The zero-order valence-electron chi connectivity index (χ0n) is 9.80. The van der Waals surface area contributed by atoms with E-state index in [1.54, 1.807) is 4.90 Å². The minimum absolute atomic E-state index is 0.148. The predicted octanol–water partition coefficient (Wildman–Crippen LogP) is 0.533. The molecule has 1 saturated heterocycles. The highest BCUT2D eigenvalue weighted by molar-refractivity contribution is 5.95. The number of benzene rings is 1. The van der Waals surface area contributed by atoms with E-state index < -0.39 is 0 Å². The third-order valence-corrected chi connectivity index (χ3v) is 3.19. The van der Waals surface area contributed by atoms with Gasteiger partial charge in [0, 0.05) is 25.3 Å². The van der Waals surface area contributed by atoms with Crippen LogP contribution in [0.2, 0.25) is 0 Å². The number of carbonyl (C=O) groups is 1. The number of aliphatic hydroxyl groups excluding tert-OH is 1. The average molecular weight is 234 g/mol. The van der Waals surface area contributed by atoms with Crippen molar-refractivity contribution >= 4 is 11.6 Å². The summed E-state index contributed by atoms with van der Waals surface area (Å²) < 4.78 is 0. The van der Waals surface area contributed by atoms with Gasteiger partial charge in [-0.15, -0.1) is 0 Å². The van der Waals surface area contributed by atoms with Gasteiger partial charge in [0.2, 0.25) is 5.91 Å². The molecule has 0 saturated carbocycles. The molecule has 1 unspecified atom stereocenters. The van der Waals surface area contributed by atoms with Crippen molar-refractivity contribution in [2.24, 2.45) is 11.7 Å². The highest BCUT2D eigenvalue weighted by Gasteiger charge is 2.29. The summed E-state index contributed by atoms with van der Waals surface area (Å²) >= 11 is 0. The summed E-state index contributed by atoms with van der Waals surface area (Å²) in [6.07, 6.45) is 1.20. The Balaban J connectivity index is 2.09. The van der Waals surface area contributed by atoms with Crippen molar-refractivity contribution in [2.75, 3.05) is 24.6 Å². The zero-order chi connectivity index (χ0) is 12.3. The van der Waals surface area contributed by atoms with Crippen molar-refractivity contribution in [3.05, 3.63) is 29.8 Å². The normalized spacial score (nSPS) is 20.0. The standard InChI is InChI=1S/C13H18N2O2/c14-8-11-7-13(17)15(9-11)12-3-1-10(2-4-12)5-6-16/h1-4,11,16H,5-9,14H2. The number of rotatable bonds is 4. The van der Waals surface area contributed by atoms with Gasteiger partial charge in [0.25, 0.3) is 0 Å². The molecular formula is C13H18N2O2. The maximum absolute atomic E-state index is 11.8. The van der Waals surface area contributed by atoms with Gasteiger partial charge in [-0.3, -0.25) is 4.79 Å². The van der Waals surface area contributed by atoms with Gasteiger partial charge in [-0.2, -0.15) is 0 Å². The molecule has 2 rings (SSSR count). The van der Waals surface area contributed by atoms with Gasteiger partial charge in [0.1, 0.15) is 0 Å². The van der Waals surface area contributed by atoms with Crippen molar-refractivity contribution in [3.8, 4) is 0 Å². The van der Waals surface area contributed by atoms with Gasteiger partial charge in [-0.1, -0.05) is 12.1 Å². The zero-order valence-corrected chi connectivity index (χ0v) is 9.80. The summed E-state index contributed by atoms with van der Waals surface area (Å²) in [5.74, 6) is 0.426. The van der Waals surface area contributed by atoms with Crippen molar-refractivity contribution in [1.29, 1.82) is 0 Å². The third-order valence-electron chi connectivity index (χ3n) is 3.19. The lowest BCUT2D eigenvalue weighted by molar-refractivity contribution is -0.117. The summed E-state index contributed by atoms with van der Waals surface area (Å²) in [6, 6.07) is 7.77. The van der Waals surface area contributed by atoms with Crippen LogP contribution in [0, 0.1) is 5.92 Å². The fourth-order valence-electron chi connectivity index (χ4n) is 2.16. The van der Waals surface area contributed by atoms with E-state index in [0.717, 1.165) is 11.3 Å². The number of nitrogens with two attached hydrogens (primary N) is 1. The Morgan fingerprint density at radius 1 is 1.35 bits per heavy atom. The number of hydrogen-bond acceptors (Lipinski definition) is 3. The van der Waals surface area contributed by atoms with E-state index >= 15 is 0 Å². The van der Waals surface area contributed by atoms with Gasteiger partial charge >= 0.3 is 0 Å². The molecule has 1 fully saturated rings. The Kier molecular flexibility index (Phi) is 3.76. The van der Waals surface area contributed by atoms with Crippen molar-refractivity contribution in [3.63, 3.8) is 0 Å². The van der Waals surface area contributed by atoms with Crippen molar-refractivity contribution < 1.29 is 9.90 Å². The number of amides is 1. The molecule has 0 aromatic heterocycles. The van der Waals surface area contributed by atoms with Crippen molar-refractivity contribution in [2.45, 2.75) is 12.8 Å².